The van der Waals surface area contributed by atoms with Crippen LogP contribution in [0, 0.1) is 6.92 Å². The van der Waals surface area contributed by atoms with Crippen molar-refractivity contribution in [1.82, 2.24) is 20.4 Å². The monoisotopic (exact) mass is 339 g/mol. The summed E-state index contributed by atoms with van der Waals surface area (Å²) in [5.41, 5.74) is 4.13. The lowest BCUT2D eigenvalue weighted by molar-refractivity contribution is 0.106. The number of para-hydroxylation sites is 1. The Labute approximate surface area is 146 Å². The van der Waals surface area contributed by atoms with Crippen molar-refractivity contribution in [1.29, 1.82) is 0 Å². The molecule has 1 N–H and O–H groups in total. The fraction of sp³-hybridized carbons (Fsp3) is 0.389. The first kappa shape index (κ1) is 15.8. The zero-order valence-corrected chi connectivity index (χ0v) is 14.6. The minimum absolute atomic E-state index is 0.0679. The second-order valence-corrected chi connectivity index (χ2v) is 6.33. The third-order valence-corrected chi connectivity index (χ3v) is 4.93. The quantitative estimate of drug-likeness (QED) is 0.786. The van der Waals surface area contributed by atoms with Crippen molar-refractivity contribution < 1.29 is 9.47 Å². The molecule has 1 fully saturated rings. The number of anilines is 1. The van der Waals surface area contributed by atoms with Gasteiger partial charge in [-0.15, -0.1) is 0 Å². The Bertz CT molecular complexity index is 881. The molecule has 0 aliphatic carbocycles. The van der Waals surface area contributed by atoms with E-state index in [0.29, 0.717) is 0 Å². The molecule has 2 atom stereocenters. The summed E-state index contributed by atoms with van der Waals surface area (Å²) in [6, 6.07) is 6.04. The lowest BCUT2D eigenvalue weighted by Gasteiger charge is -2.23. The third-order valence-electron chi connectivity index (χ3n) is 4.93. The van der Waals surface area contributed by atoms with E-state index in [1.54, 1.807) is 20.4 Å². The molecule has 4 rings (SSSR count). The molecular formula is C18H21N5O2. The maximum absolute atomic E-state index is 5.73. The fourth-order valence-corrected chi connectivity index (χ4v) is 3.73. The van der Waals surface area contributed by atoms with Crippen LogP contribution in [0.3, 0.4) is 0 Å². The van der Waals surface area contributed by atoms with E-state index in [1.807, 2.05) is 18.3 Å². The van der Waals surface area contributed by atoms with Crippen LogP contribution >= 0.6 is 0 Å². The van der Waals surface area contributed by atoms with Gasteiger partial charge in [-0.05, 0) is 18.6 Å². The maximum Gasteiger partial charge on any atom is 0.145 e. The number of aromatic amines is 1. The first-order valence-electron chi connectivity index (χ1n) is 8.28. The predicted octanol–water partition coefficient (Wildman–Crippen LogP) is 2.29. The summed E-state index contributed by atoms with van der Waals surface area (Å²) in [5.74, 6) is 0.964. The lowest BCUT2D eigenvalue weighted by Crippen LogP contribution is -2.23. The lowest BCUT2D eigenvalue weighted by atomic mass is 10.0. The van der Waals surface area contributed by atoms with Gasteiger partial charge in [0.2, 0.25) is 0 Å². The number of fused-ring (bicyclic) bond motifs is 1. The Morgan fingerprint density at radius 1 is 1.20 bits per heavy atom. The Morgan fingerprint density at radius 3 is 2.80 bits per heavy atom. The molecule has 0 radical (unpaired) electrons. The van der Waals surface area contributed by atoms with Gasteiger partial charge in [0.05, 0.1) is 36.7 Å². The van der Waals surface area contributed by atoms with Crippen molar-refractivity contribution in [2.75, 3.05) is 32.2 Å². The Morgan fingerprint density at radius 2 is 2.08 bits per heavy atom. The second-order valence-electron chi connectivity index (χ2n) is 6.33. The molecule has 25 heavy (non-hydrogen) atoms. The number of nitrogens with one attached hydrogen (secondary N) is 1. The largest absolute Gasteiger partial charge is 0.494 e. The highest BCUT2D eigenvalue weighted by atomic mass is 16.5. The molecule has 0 amide bonds. The molecule has 2 aromatic heterocycles. The summed E-state index contributed by atoms with van der Waals surface area (Å²) >= 11 is 0. The van der Waals surface area contributed by atoms with Crippen LogP contribution in [0.5, 0.6) is 5.75 Å². The summed E-state index contributed by atoms with van der Waals surface area (Å²) in [4.78, 5) is 6.93. The van der Waals surface area contributed by atoms with E-state index in [0.717, 1.165) is 41.0 Å². The van der Waals surface area contributed by atoms with Gasteiger partial charge in [0.1, 0.15) is 11.3 Å². The molecule has 130 valence electrons. The second kappa shape index (κ2) is 6.33. The van der Waals surface area contributed by atoms with Crippen LogP contribution in [0.2, 0.25) is 0 Å². The Hall–Kier alpha value is -2.67. The van der Waals surface area contributed by atoms with Gasteiger partial charge < -0.3 is 14.4 Å². The molecule has 3 aromatic rings. The molecule has 3 heterocycles. The van der Waals surface area contributed by atoms with E-state index in [2.05, 4.69) is 38.3 Å². The van der Waals surface area contributed by atoms with Crippen molar-refractivity contribution in [2.45, 2.75) is 18.9 Å². The smallest absolute Gasteiger partial charge is 0.145 e. The molecule has 1 aliphatic heterocycles. The van der Waals surface area contributed by atoms with E-state index in [4.69, 9.17) is 9.47 Å². The zero-order chi connectivity index (χ0) is 17.4. The van der Waals surface area contributed by atoms with Crippen LogP contribution in [0.25, 0.3) is 10.9 Å². The van der Waals surface area contributed by atoms with Crippen LogP contribution in [0.4, 0.5) is 5.69 Å². The van der Waals surface area contributed by atoms with Crippen LogP contribution < -0.4 is 9.64 Å². The maximum atomic E-state index is 5.73. The molecular weight excluding hydrogens is 318 g/mol. The molecule has 1 aliphatic rings. The van der Waals surface area contributed by atoms with Crippen LogP contribution in [0.1, 0.15) is 17.2 Å². The number of nitrogens with zero attached hydrogens (tertiary/aromatic N) is 4. The van der Waals surface area contributed by atoms with Crippen molar-refractivity contribution in [3.05, 3.63) is 41.9 Å². The van der Waals surface area contributed by atoms with E-state index >= 15 is 0 Å². The van der Waals surface area contributed by atoms with Gasteiger partial charge in [-0.25, -0.2) is 0 Å². The minimum atomic E-state index is 0.0679. The first-order chi connectivity index (χ1) is 12.2. The highest BCUT2D eigenvalue weighted by Crippen LogP contribution is 2.38. The third kappa shape index (κ3) is 2.60. The van der Waals surface area contributed by atoms with Gasteiger partial charge in [-0.3, -0.25) is 4.98 Å². The molecule has 0 bridgehead atoms. The van der Waals surface area contributed by atoms with Crippen molar-refractivity contribution in [3.8, 4) is 5.75 Å². The highest BCUT2D eigenvalue weighted by Gasteiger charge is 2.36. The van der Waals surface area contributed by atoms with Crippen molar-refractivity contribution in [2.24, 2.45) is 0 Å². The number of hydrogen-bond acceptors (Lipinski definition) is 6. The normalized spacial score (nSPS) is 20.4. The van der Waals surface area contributed by atoms with Gasteiger partial charge >= 0.3 is 0 Å². The van der Waals surface area contributed by atoms with Gasteiger partial charge in [0.25, 0.3) is 0 Å². The average Bonchev–Trinajstić information content (AvgIpc) is 3.30. The minimum Gasteiger partial charge on any atom is -0.494 e. The number of aryl methyl sites for hydroxylation is 1. The summed E-state index contributed by atoms with van der Waals surface area (Å²) < 4.78 is 11.2. The summed E-state index contributed by atoms with van der Waals surface area (Å²) in [7, 11) is 3.43. The topological polar surface area (TPSA) is 76.2 Å². The summed E-state index contributed by atoms with van der Waals surface area (Å²) in [6.45, 7) is 3.71. The van der Waals surface area contributed by atoms with E-state index < -0.39 is 0 Å². The summed E-state index contributed by atoms with van der Waals surface area (Å²) in [6.07, 6.45) is 3.75. The van der Waals surface area contributed by atoms with Gasteiger partial charge in [-0.1, -0.05) is 12.1 Å². The van der Waals surface area contributed by atoms with Crippen LogP contribution in [0.15, 0.2) is 30.6 Å². The summed E-state index contributed by atoms with van der Waals surface area (Å²) in [5, 5.41) is 12.0. The number of pyridine rings is 1. The average molecular weight is 339 g/mol. The number of methoxy groups -OCH3 is 2. The van der Waals surface area contributed by atoms with E-state index in [9.17, 15) is 0 Å². The number of rotatable bonds is 4. The Kier molecular flexibility index (Phi) is 4.01. The molecule has 7 nitrogen and oxygen atoms in total. The Balaban J connectivity index is 1.78. The standard InChI is InChI=1S/C18H21N5O2/c1-11-7-19-17-12(5-4-6-15(17)24-2)18(11)23-9-13(16(10-23)25-3)14-8-20-22-21-14/h4-8,13,16H,9-10H2,1-3H3,(H,20,21,22)/t13-,16+/m0/s1. The number of aromatic nitrogens is 4. The number of H-pyrrole nitrogens is 1. The number of benzene rings is 1. The molecule has 0 saturated carbocycles. The molecule has 7 heteroatoms. The highest BCUT2D eigenvalue weighted by molar-refractivity contribution is 5.96. The molecule has 1 saturated heterocycles. The van der Waals surface area contributed by atoms with Gasteiger partial charge in [0.15, 0.2) is 0 Å². The van der Waals surface area contributed by atoms with Gasteiger partial charge in [-0.2, -0.15) is 15.4 Å². The van der Waals surface area contributed by atoms with E-state index in [-0.39, 0.29) is 12.0 Å². The van der Waals surface area contributed by atoms with Crippen molar-refractivity contribution >= 4 is 16.6 Å². The first-order valence-corrected chi connectivity index (χ1v) is 8.28. The zero-order valence-electron chi connectivity index (χ0n) is 14.6. The molecule has 0 spiro atoms. The van der Waals surface area contributed by atoms with E-state index in [1.165, 1.54) is 5.69 Å². The predicted molar refractivity (Wildman–Crippen MR) is 95.2 cm³/mol. The van der Waals surface area contributed by atoms with Crippen molar-refractivity contribution in [3.63, 3.8) is 0 Å². The number of hydrogen-bond donors (Lipinski definition) is 1. The van der Waals surface area contributed by atoms with Gasteiger partial charge in [0, 0.05) is 31.8 Å². The molecule has 0 unspecified atom stereocenters. The fourth-order valence-electron chi connectivity index (χ4n) is 3.73. The molecule has 1 aromatic carbocycles. The number of ether oxygens (including phenoxy) is 2. The SMILES string of the molecule is COc1cccc2c(N3C[C@@H](OC)[C@H](c4cn[nH]n4)C3)c(C)cnc12. The van der Waals surface area contributed by atoms with Crippen LogP contribution in [-0.4, -0.2) is 53.8 Å². The van der Waals surface area contributed by atoms with Crippen LogP contribution in [-0.2, 0) is 4.74 Å².